The number of fused-ring (bicyclic) bond motifs is 1. The molecule has 1 atom stereocenters. The number of nitrogens with zero attached hydrogens (tertiary/aromatic N) is 3. The smallest absolute Gasteiger partial charge is 0.323 e. The minimum Gasteiger partial charge on any atom is -0.492 e. The molecule has 0 saturated carbocycles. The molecule has 0 aliphatic heterocycles. The molecular weight excluding hydrogens is 610 g/mol. The molecule has 1 heterocycles. The third-order valence-electron chi connectivity index (χ3n) is 6.84. The van der Waals surface area contributed by atoms with Gasteiger partial charge in [-0.15, -0.1) is 0 Å². The molecular formula is C32H39N7O6S. The number of rotatable bonds is 10. The van der Waals surface area contributed by atoms with Crippen molar-refractivity contribution in [3.05, 3.63) is 66.4 Å². The van der Waals surface area contributed by atoms with Crippen LogP contribution in [0.15, 0.2) is 60.8 Å². The molecule has 244 valence electrons. The number of hydrogen-bond donors (Lipinski definition) is 4. The standard InChI is InChI=1S/C32H39N7O6S/c1-19(29(40)39(5)6)34-30-33-16-15-27(37-30)45-26-14-13-23(21-11-9-10-12-22(21)26)35-31(41)36-24-17-20(32(2,3)4)18-25(28(24)44-7)38-46(8,42)43/h9-19,38H,1-8H3,(H,33,34,37)(H2,35,36,41). The molecule has 4 rings (SSSR count). The first-order chi connectivity index (χ1) is 21.6. The van der Waals surface area contributed by atoms with Crippen molar-refractivity contribution in [3.63, 3.8) is 0 Å². The van der Waals surface area contributed by atoms with Crippen molar-refractivity contribution in [2.45, 2.75) is 39.2 Å². The van der Waals surface area contributed by atoms with Crippen LogP contribution in [0.25, 0.3) is 10.8 Å². The number of benzene rings is 3. The van der Waals surface area contributed by atoms with Crippen LogP contribution in [0.1, 0.15) is 33.3 Å². The SMILES string of the molecule is COc1c(NC(=O)Nc2ccc(Oc3ccnc(NC(C)C(=O)N(C)C)n3)c3ccccc23)cc(C(C)(C)C)cc1NS(C)(=O)=O. The quantitative estimate of drug-likeness (QED) is 0.170. The maximum absolute atomic E-state index is 13.3. The van der Waals surface area contributed by atoms with E-state index in [1.165, 1.54) is 18.2 Å². The summed E-state index contributed by atoms with van der Waals surface area (Å²) in [7, 11) is 1.11. The lowest BCUT2D eigenvalue weighted by Crippen LogP contribution is -2.37. The highest BCUT2D eigenvalue weighted by Crippen LogP contribution is 2.39. The summed E-state index contributed by atoms with van der Waals surface area (Å²) >= 11 is 0. The Kier molecular flexibility index (Phi) is 9.90. The Bertz CT molecular complexity index is 1870. The van der Waals surface area contributed by atoms with E-state index in [2.05, 4.69) is 30.6 Å². The Hall–Kier alpha value is -5.11. The van der Waals surface area contributed by atoms with Crippen LogP contribution in [0.3, 0.4) is 0 Å². The lowest BCUT2D eigenvalue weighted by molar-refractivity contribution is -0.129. The number of ether oxygens (including phenoxy) is 2. The third kappa shape index (κ3) is 8.33. The highest BCUT2D eigenvalue weighted by atomic mass is 32.2. The van der Waals surface area contributed by atoms with Gasteiger partial charge in [0.05, 0.1) is 30.4 Å². The van der Waals surface area contributed by atoms with Gasteiger partial charge in [-0.25, -0.2) is 18.2 Å². The molecule has 0 spiro atoms. The fourth-order valence-corrected chi connectivity index (χ4v) is 5.17. The minimum absolute atomic E-state index is 0.126. The van der Waals surface area contributed by atoms with E-state index >= 15 is 0 Å². The number of carbonyl (C=O) groups excluding carboxylic acids is 2. The van der Waals surface area contributed by atoms with E-state index in [0.29, 0.717) is 22.2 Å². The van der Waals surface area contributed by atoms with Crippen molar-refractivity contribution in [2.24, 2.45) is 0 Å². The first kappa shape index (κ1) is 33.8. The Balaban J connectivity index is 1.60. The summed E-state index contributed by atoms with van der Waals surface area (Å²) in [6.07, 6.45) is 2.57. The molecule has 0 aliphatic carbocycles. The Labute approximate surface area is 268 Å². The Morgan fingerprint density at radius 3 is 2.22 bits per heavy atom. The average Bonchev–Trinajstić information content (AvgIpc) is 2.96. The summed E-state index contributed by atoms with van der Waals surface area (Å²) in [5, 5.41) is 10.1. The monoisotopic (exact) mass is 649 g/mol. The number of urea groups is 1. The number of likely N-dealkylation sites (N-methyl/N-ethyl adjacent to an activating group) is 1. The Morgan fingerprint density at radius 1 is 0.935 bits per heavy atom. The van der Waals surface area contributed by atoms with Gasteiger partial charge in [0.15, 0.2) is 5.75 Å². The van der Waals surface area contributed by atoms with Gasteiger partial charge in [-0.3, -0.25) is 9.52 Å². The van der Waals surface area contributed by atoms with Crippen molar-refractivity contribution < 1.29 is 27.5 Å². The van der Waals surface area contributed by atoms with Crippen LogP contribution >= 0.6 is 0 Å². The van der Waals surface area contributed by atoms with Crippen LogP contribution < -0.4 is 30.1 Å². The highest BCUT2D eigenvalue weighted by molar-refractivity contribution is 7.92. The van der Waals surface area contributed by atoms with E-state index in [1.54, 1.807) is 51.4 Å². The third-order valence-corrected chi connectivity index (χ3v) is 7.43. The molecule has 14 heteroatoms. The maximum Gasteiger partial charge on any atom is 0.323 e. The van der Waals surface area contributed by atoms with E-state index in [4.69, 9.17) is 9.47 Å². The van der Waals surface area contributed by atoms with Gasteiger partial charge >= 0.3 is 6.03 Å². The van der Waals surface area contributed by atoms with E-state index in [9.17, 15) is 18.0 Å². The molecule has 3 amide bonds. The molecule has 3 aromatic carbocycles. The number of nitrogens with one attached hydrogen (secondary N) is 4. The maximum atomic E-state index is 13.3. The van der Waals surface area contributed by atoms with Crippen molar-refractivity contribution >= 4 is 55.7 Å². The Morgan fingerprint density at radius 2 is 1.59 bits per heavy atom. The molecule has 0 aliphatic rings. The van der Waals surface area contributed by atoms with Gasteiger partial charge in [0.2, 0.25) is 27.8 Å². The fourth-order valence-electron chi connectivity index (χ4n) is 4.62. The molecule has 0 fully saturated rings. The van der Waals surface area contributed by atoms with E-state index < -0.39 is 22.1 Å². The molecule has 4 aromatic rings. The first-order valence-electron chi connectivity index (χ1n) is 14.3. The number of sulfonamides is 1. The minimum atomic E-state index is -3.63. The predicted molar refractivity (Wildman–Crippen MR) is 181 cm³/mol. The molecule has 0 radical (unpaired) electrons. The van der Waals surface area contributed by atoms with Crippen molar-refractivity contribution in [3.8, 4) is 17.4 Å². The molecule has 1 unspecified atom stereocenters. The van der Waals surface area contributed by atoms with Crippen LogP contribution in [0.4, 0.5) is 27.8 Å². The molecule has 46 heavy (non-hydrogen) atoms. The number of carbonyl (C=O) groups is 2. The zero-order valence-corrected chi connectivity index (χ0v) is 27.9. The molecule has 1 aromatic heterocycles. The van der Waals surface area contributed by atoms with Crippen molar-refractivity contribution in [1.29, 1.82) is 0 Å². The second-order valence-corrected chi connectivity index (χ2v) is 13.6. The number of methoxy groups -OCH3 is 1. The van der Waals surface area contributed by atoms with Gasteiger partial charge < -0.3 is 30.3 Å². The van der Waals surface area contributed by atoms with Gasteiger partial charge in [0.25, 0.3) is 0 Å². The fraction of sp³-hybridized carbons (Fsp3) is 0.312. The zero-order valence-electron chi connectivity index (χ0n) is 27.1. The lowest BCUT2D eigenvalue weighted by Gasteiger charge is -2.24. The number of anilines is 4. The van der Waals surface area contributed by atoms with Gasteiger partial charge in [-0.1, -0.05) is 45.0 Å². The molecule has 4 N–H and O–H groups in total. The number of hydrogen-bond acceptors (Lipinski definition) is 9. The second kappa shape index (κ2) is 13.5. The van der Waals surface area contributed by atoms with Crippen molar-refractivity contribution in [2.75, 3.05) is 48.1 Å². The second-order valence-electron chi connectivity index (χ2n) is 11.9. The zero-order chi connectivity index (χ0) is 33.8. The van der Waals surface area contributed by atoms with E-state index in [0.717, 1.165) is 11.8 Å². The summed E-state index contributed by atoms with van der Waals surface area (Å²) < 4.78 is 38.3. The van der Waals surface area contributed by atoms with Crippen LogP contribution in [-0.2, 0) is 20.2 Å². The lowest BCUT2D eigenvalue weighted by atomic mass is 9.86. The van der Waals surface area contributed by atoms with E-state index in [1.807, 2.05) is 45.0 Å². The largest absolute Gasteiger partial charge is 0.492 e. The number of aromatic nitrogens is 2. The summed E-state index contributed by atoms with van der Waals surface area (Å²) in [6, 6.07) is 14.7. The summed E-state index contributed by atoms with van der Waals surface area (Å²) in [4.78, 5) is 35.7. The van der Waals surface area contributed by atoms with Gasteiger partial charge in [-0.05, 0) is 42.2 Å². The molecule has 13 nitrogen and oxygen atoms in total. The predicted octanol–water partition coefficient (Wildman–Crippen LogP) is 5.63. The van der Waals surface area contributed by atoms with Crippen LogP contribution in [0.2, 0.25) is 0 Å². The normalized spacial score (nSPS) is 12.2. The molecule has 0 saturated heterocycles. The van der Waals surface area contributed by atoms with Crippen LogP contribution in [0, 0.1) is 0 Å². The summed E-state index contributed by atoms with van der Waals surface area (Å²) in [6.45, 7) is 7.65. The summed E-state index contributed by atoms with van der Waals surface area (Å²) in [5.74, 6) is 1.02. The topological polar surface area (TPSA) is 164 Å². The van der Waals surface area contributed by atoms with Crippen molar-refractivity contribution in [1.82, 2.24) is 14.9 Å². The number of amides is 3. The van der Waals surface area contributed by atoms with E-state index in [-0.39, 0.29) is 40.3 Å². The van der Waals surface area contributed by atoms with Crippen LogP contribution in [0.5, 0.6) is 17.4 Å². The van der Waals surface area contributed by atoms with Crippen LogP contribution in [-0.4, -0.2) is 68.7 Å². The first-order valence-corrected chi connectivity index (χ1v) is 16.2. The average molecular weight is 650 g/mol. The van der Waals surface area contributed by atoms with Gasteiger partial charge in [-0.2, -0.15) is 4.98 Å². The van der Waals surface area contributed by atoms with Gasteiger partial charge in [0.1, 0.15) is 11.8 Å². The highest BCUT2D eigenvalue weighted by Gasteiger charge is 2.23. The van der Waals surface area contributed by atoms with Gasteiger partial charge in [0, 0.05) is 37.1 Å². The summed E-state index contributed by atoms with van der Waals surface area (Å²) in [5.41, 5.74) is 1.42. The molecule has 0 bridgehead atoms.